The van der Waals surface area contributed by atoms with Crippen LogP contribution in [0.25, 0.3) is 0 Å². The van der Waals surface area contributed by atoms with Crippen LogP contribution in [0.3, 0.4) is 0 Å². The number of methoxy groups -OCH3 is 2. The fourth-order valence-corrected chi connectivity index (χ4v) is 6.14. The van der Waals surface area contributed by atoms with Crippen LogP contribution in [0.15, 0.2) is 24.4 Å². The minimum atomic E-state index is -0.415. The van der Waals surface area contributed by atoms with Gasteiger partial charge >= 0.3 is 0 Å². The van der Waals surface area contributed by atoms with E-state index in [9.17, 15) is 9.59 Å². The molecule has 2 amide bonds. The molecule has 0 saturated carbocycles. The lowest BCUT2D eigenvalue weighted by Gasteiger charge is -2.33. The van der Waals surface area contributed by atoms with Crippen molar-refractivity contribution in [3.63, 3.8) is 0 Å². The summed E-state index contributed by atoms with van der Waals surface area (Å²) in [6.07, 6.45) is 4.02. The van der Waals surface area contributed by atoms with Crippen LogP contribution in [-0.4, -0.2) is 35.8 Å². The molecule has 0 radical (unpaired) electrons. The van der Waals surface area contributed by atoms with Crippen LogP contribution >= 0.6 is 22.9 Å². The fraction of sp³-hybridized carbons (Fsp3) is 0.423. The summed E-state index contributed by atoms with van der Waals surface area (Å²) in [4.78, 5) is 28.0. The van der Waals surface area contributed by atoms with Crippen LogP contribution in [0, 0.1) is 11.3 Å². The second-order valence-electron chi connectivity index (χ2n) is 9.95. The third-order valence-electron chi connectivity index (χ3n) is 6.71. The summed E-state index contributed by atoms with van der Waals surface area (Å²) in [5.41, 5.74) is 2.35. The number of benzene rings is 1. The summed E-state index contributed by atoms with van der Waals surface area (Å²) in [5, 5.41) is 10.7. The van der Waals surface area contributed by atoms with Crippen LogP contribution in [0.5, 0.6) is 11.5 Å². The average Bonchev–Trinajstić information content (AvgIpc) is 3.36. The van der Waals surface area contributed by atoms with Crippen molar-refractivity contribution in [2.45, 2.75) is 40.0 Å². The van der Waals surface area contributed by atoms with Crippen LogP contribution in [0.2, 0.25) is 5.02 Å². The van der Waals surface area contributed by atoms with Gasteiger partial charge in [-0.25, -0.2) is 0 Å². The smallest absolute Gasteiger partial charge is 0.276 e. The number of fused-ring (bicyclic) bond motifs is 1. The van der Waals surface area contributed by atoms with Crippen LogP contribution in [0.4, 0.5) is 10.7 Å². The lowest BCUT2D eigenvalue weighted by atomic mass is 9.72. The van der Waals surface area contributed by atoms with Crippen molar-refractivity contribution >= 4 is 45.4 Å². The summed E-state index contributed by atoms with van der Waals surface area (Å²) >= 11 is 7.66. The number of hydrogen-bond donors (Lipinski definition) is 2. The number of halogens is 1. The molecular weight excluding hydrogens is 500 g/mol. The Bertz CT molecular complexity index is 1290. The van der Waals surface area contributed by atoms with Crippen molar-refractivity contribution in [1.29, 1.82) is 0 Å². The molecule has 3 aromatic rings. The number of nitrogens with one attached hydrogen (secondary N) is 2. The molecule has 10 heteroatoms. The van der Waals surface area contributed by atoms with Gasteiger partial charge < -0.3 is 20.1 Å². The van der Waals surface area contributed by atoms with Gasteiger partial charge in [0, 0.05) is 18.0 Å². The van der Waals surface area contributed by atoms with Crippen molar-refractivity contribution in [3.05, 3.63) is 51.1 Å². The zero-order valence-corrected chi connectivity index (χ0v) is 22.9. The monoisotopic (exact) mass is 530 g/mol. The molecule has 36 heavy (non-hydrogen) atoms. The zero-order valence-electron chi connectivity index (χ0n) is 21.3. The molecule has 4 rings (SSSR count). The highest BCUT2D eigenvalue weighted by molar-refractivity contribution is 7.17. The first kappa shape index (κ1) is 26.0. The third kappa shape index (κ3) is 5.08. The molecule has 1 aromatic carbocycles. The molecule has 1 aliphatic rings. The molecule has 0 unspecified atom stereocenters. The predicted octanol–water partition coefficient (Wildman–Crippen LogP) is 5.81. The summed E-state index contributed by atoms with van der Waals surface area (Å²) in [5.74, 6) is 0.855. The van der Waals surface area contributed by atoms with Gasteiger partial charge in [0.05, 0.1) is 36.7 Å². The number of thiophene rings is 1. The molecule has 192 valence electrons. The Morgan fingerprint density at radius 3 is 2.53 bits per heavy atom. The topological polar surface area (TPSA) is 94.5 Å². The van der Waals surface area contributed by atoms with Gasteiger partial charge in [0.2, 0.25) is 0 Å². The Morgan fingerprint density at radius 1 is 1.17 bits per heavy atom. The number of aromatic nitrogens is 2. The minimum Gasteiger partial charge on any atom is -0.497 e. The van der Waals surface area contributed by atoms with Gasteiger partial charge in [-0.3, -0.25) is 14.3 Å². The van der Waals surface area contributed by atoms with Gasteiger partial charge in [0.1, 0.15) is 22.2 Å². The molecule has 8 nitrogen and oxygen atoms in total. The molecule has 1 aliphatic carbocycles. The van der Waals surface area contributed by atoms with E-state index < -0.39 is 5.91 Å². The lowest BCUT2D eigenvalue weighted by molar-refractivity contribution is 0.101. The van der Waals surface area contributed by atoms with E-state index in [1.165, 1.54) is 29.3 Å². The van der Waals surface area contributed by atoms with E-state index in [4.69, 9.17) is 21.1 Å². The van der Waals surface area contributed by atoms with Crippen molar-refractivity contribution in [2.75, 3.05) is 24.9 Å². The molecule has 2 heterocycles. The second kappa shape index (κ2) is 10.1. The number of anilines is 2. The number of carbonyl (C=O) groups excluding carboxylic acids is 2. The van der Waals surface area contributed by atoms with Gasteiger partial charge in [0.25, 0.3) is 11.8 Å². The number of hydrogen-bond acceptors (Lipinski definition) is 6. The Hall–Kier alpha value is -3.04. The van der Waals surface area contributed by atoms with Crippen LogP contribution < -0.4 is 20.1 Å². The number of carbonyl (C=O) groups is 2. The maximum absolute atomic E-state index is 13.7. The second-order valence-corrected chi connectivity index (χ2v) is 11.5. The van der Waals surface area contributed by atoms with Gasteiger partial charge in [-0.05, 0) is 48.3 Å². The quantitative estimate of drug-likeness (QED) is 0.419. The molecule has 2 aromatic heterocycles. The van der Waals surface area contributed by atoms with Crippen LogP contribution in [-0.2, 0) is 19.9 Å². The first-order chi connectivity index (χ1) is 17.0. The van der Waals surface area contributed by atoms with Crippen molar-refractivity contribution in [3.8, 4) is 11.5 Å². The summed E-state index contributed by atoms with van der Waals surface area (Å²) < 4.78 is 12.1. The number of amides is 2. The normalized spacial score (nSPS) is 15.2. The SMILES string of the molecule is COc1ccc(NC(=O)c2c(NC(=O)c3c(Cl)cnn3C)sc3c2CC[C@@H](C(C)(C)C)C3)c(OC)c1. The Labute approximate surface area is 219 Å². The summed E-state index contributed by atoms with van der Waals surface area (Å²) in [6.45, 7) is 6.73. The highest BCUT2D eigenvalue weighted by atomic mass is 35.5. The predicted molar refractivity (Wildman–Crippen MR) is 143 cm³/mol. The van der Waals surface area contributed by atoms with Crippen molar-refractivity contribution < 1.29 is 19.1 Å². The average molecular weight is 531 g/mol. The van der Waals surface area contributed by atoms with Gasteiger partial charge in [-0.15, -0.1) is 11.3 Å². The Balaban J connectivity index is 1.72. The molecule has 0 saturated heterocycles. The lowest BCUT2D eigenvalue weighted by Crippen LogP contribution is -2.27. The Kier molecular flexibility index (Phi) is 7.33. The first-order valence-electron chi connectivity index (χ1n) is 11.7. The van der Waals surface area contributed by atoms with E-state index in [-0.39, 0.29) is 22.0 Å². The van der Waals surface area contributed by atoms with E-state index in [0.29, 0.717) is 33.7 Å². The molecule has 0 fully saturated rings. The fourth-order valence-electron chi connectivity index (χ4n) is 4.57. The standard InChI is InChI=1S/C26H31ClN4O4S/c1-26(2,3)14-7-9-16-20(11-14)36-25(30-24(33)22-17(27)13-28-31(22)4)21(16)23(32)29-18-10-8-15(34-5)12-19(18)35-6/h8,10,12-14H,7,9,11H2,1-6H3,(H,29,32)(H,30,33)/t14-/m1/s1. The van der Waals surface area contributed by atoms with Crippen molar-refractivity contribution in [1.82, 2.24) is 9.78 Å². The highest BCUT2D eigenvalue weighted by Crippen LogP contribution is 2.45. The molecule has 0 spiro atoms. The van der Waals surface area contributed by atoms with E-state index >= 15 is 0 Å². The largest absolute Gasteiger partial charge is 0.497 e. The Morgan fingerprint density at radius 2 is 1.92 bits per heavy atom. The maximum Gasteiger partial charge on any atom is 0.276 e. The molecule has 2 N–H and O–H groups in total. The molecule has 0 aliphatic heterocycles. The van der Waals surface area contributed by atoms with E-state index in [2.05, 4.69) is 36.5 Å². The zero-order chi connectivity index (χ0) is 26.2. The number of nitrogens with zero attached hydrogens (tertiary/aromatic N) is 2. The molecular formula is C26H31ClN4O4S. The summed E-state index contributed by atoms with van der Waals surface area (Å²) in [6, 6.07) is 5.19. The van der Waals surface area contributed by atoms with Gasteiger partial charge in [-0.1, -0.05) is 32.4 Å². The first-order valence-corrected chi connectivity index (χ1v) is 12.9. The van der Waals surface area contributed by atoms with Crippen LogP contribution in [0.1, 0.15) is 58.5 Å². The molecule has 1 atom stereocenters. The van der Waals surface area contributed by atoms with Crippen molar-refractivity contribution in [2.24, 2.45) is 18.4 Å². The third-order valence-corrected chi connectivity index (χ3v) is 8.16. The summed E-state index contributed by atoms with van der Waals surface area (Å²) in [7, 11) is 4.75. The number of rotatable bonds is 6. The highest BCUT2D eigenvalue weighted by Gasteiger charge is 2.34. The number of ether oxygens (including phenoxy) is 2. The maximum atomic E-state index is 13.7. The van der Waals surface area contributed by atoms with E-state index in [1.54, 1.807) is 32.4 Å². The molecule has 0 bridgehead atoms. The van der Waals surface area contributed by atoms with E-state index in [1.807, 2.05) is 0 Å². The number of aryl methyl sites for hydroxylation is 1. The minimum absolute atomic E-state index is 0.145. The van der Waals surface area contributed by atoms with E-state index in [0.717, 1.165) is 29.7 Å². The van der Waals surface area contributed by atoms with Gasteiger partial charge in [0.15, 0.2) is 0 Å². The van der Waals surface area contributed by atoms with Gasteiger partial charge in [-0.2, -0.15) is 5.10 Å².